The highest BCUT2D eigenvalue weighted by atomic mass is 79.9. The number of methoxy groups -OCH3 is 1. The normalized spacial score (nSPS) is 19.9. The molecular weight excluding hydrogens is 312 g/mol. The highest BCUT2D eigenvalue weighted by Gasteiger charge is 2.27. The molecule has 1 unspecified atom stereocenters. The van der Waals surface area contributed by atoms with Gasteiger partial charge in [0.1, 0.15) is 11.8 Å². The smallest absolute Gasteiger partial charge is 0.249 e. The summed E-state index contributed by atoms with van der Waals surface area (Å²) in [6.07, 6.45) is 0.300. The molecule has 2 amide bonds. The Labute approximate surface area is 120 Å². The minimum Gasteiger partial charge on any atom is -0.495 e. The number of carbonyl (C=O) groups excluding carboxylic acids is 2. The predicted octanol–water partition coefficient (Wildman–Crippen LogP) is 1.70. The van der Waals surface area contributed by atoms with Gasteiger partial charge in [-0.15, -0.1) is 0 Å². The van der Waals surface area contributed by atoms with Crippen LogP contribution < -0.4 is 15.0 Å². The van der Waals surface area contributed by atoms with Crippen molar-refractivity contribution in [2.75, 3.05) is 18.6 Å². The fourth-order valence-corrected chi connectivity index (χ4v) is 2.41. The van der Waals surface area contributed by atoms with Crippen LogP contribution in [0.15, 0.2) is 22.7 Å². The molecule has 1 heterocycles. The fourth-order valence-electron chi connectivity index (χ4n) is 2.01. The van der Waals surface area contributed by atoms with Gasteiger partial charge in [0.2, 0.25) is 11.8 Å². The van der Waals surface area contributed by atoms with Crippen LogP contribution >= 0.6 is 15.9 Å². The molecular formula is C13H15BrN2O3. The van der Waals surface area contributed by atoms with E-state index in [2.05, 4.69) is 21.2 Å². The molecule has 2 rings (SSSR count). The summed E-state index contributed by atoms with van der Waals surface area (Å²) in [6.45, 7) is 2.06. The lowest BCUT2D eigenvalue weighted by atomic mass is 10.2. The number of amides is 2. The van der Waals surface area contributed by atoms with Gasteiger partial charge in [0, 0.05) is 24.7 Å². The molecule has 0 radical (unpaired) electrons. The third kappa shape index (κ3) is 2.89. The molecule has 1 aliphatic rings. The Bertz CT molecular complexity index is 519. The van der Waals surface area contributed by atoms with E-state index in [0.717, 1.165) is 10.2 Å². The summed E-state index contributed by atoms with van der Waals surface area (Å²) in [5, 5.41) is 2.66. The number of hydrogen-bond donors (Lipinski definition) is 1. The van der Waals surface area contributed by atoms with Crippen molar-refractivity contribution in [3.05, 3.63) is 22.7 Å². The molecule has 0 aliphatic carbocycles. The Morgan fingerprint density at radius 1 is 1.42 bits per heavy atom. The van der Waals surface area contributed by atoms with Gasteiger partial charge in [-0.3, -0.25) is 9.59 Å². The van der Waals surface area contributed by atoms with E-state index in [0.29, 0.717) is 18.7 Å². The SMILES string of the molecule is COc1cc(N2CCC(=O)NC(C)C2=O)ccc1Br. The van der Waals surface area contributed by atoms with Gasteiger partial charge < -0.3 is 15.0 Å². The van der Waals surface area contributed by atoms with E-state index in [4.69, 9.17) is 4.74 Å². The van der Waals surface area contributed by atoms with Crippen molar-refractivity contribution < 1.29 is 14.3 Å². The lowest BCUT2D eigenvalue weighted by Gasteiger charge is -2.23. The molecule has 1 atom stereocenters. The minimum atomic E-state index is -0.510. The Kier molecular flexibility index (Phi) is 4.09. The first-order valence-electron chi connectivity index (χ1n) is 5.97. The highest BCUT2D eigenvalue weighted by molar-refractivity contribution is 9.10. The summed E-state index contributed by atoms with van der Waals surface area (Å²) in [6, 6.07) is 4.92. The Hall–Kier alpha value is -1.56. The van der Waals surface area contributed by atoms with Crippen LogP contribution in [0.4, 0.5) is 5.69 Å². The lowest BCUT2D eigenvalue weighted by Crippen LogP contribution is -2.42. The molecule has 0 bridgehead atoms. The second-order valence-electron chi connectivity index (χ2n) is 4.35. The molecule has 0 aromatic heterocycles. The molecule has 1 aromatic carbocycles. The second kappa shape index (κ2) is 5.61. The summed E-state index contributed by atoms with van der Waals surface area (Å²) in [5.41, 5.74) is 0.730. The zero-order valence-electron chi connectivity index (χ0n) is 10.8. The number of carbonyl (C=O) groups is 2. The van der Waals surface area contributed by atoms with Crippen molar-refractivity contribution in [3.8, 4) is 5.75 Å². The van der Waals surface area contributed by atoms with Crippen LogP contribution in [0, 0.1) is 0 Å². The third-order valence-corrected chi connectivity index (χ3v) is 3.68. The maximum atomic E-state index is 12.2. The molecule has 102 valence electrons. The van der Waals surface area contributed by atoms with Crippen LogP contribution in [0.2, 0.25) is 0 Å². The van der Waals surface area contributed by atoms with Gasteiger partial charge in [-0.1, -0.05) is 0 Å². The Morgan fingerprint density at radius 3 is 2.84 bits per heavy atom. The molecule has 1 fully saturated rings. The quantitative estimate of drug-likeness (QED) is 0.899. The van der Waals surface area contributed by atoms with Crippen LogP contribution in [0.5, 0.6) is 5.75 Å². The molecule has 1 aliphatic heterocycles. The Morgan fingerprint density at radius 2 is 2.16 bits per heavy atom. The van der Waals surface area contributed by atoms with Gasteiger partial charge in [-0.25, -0.2) is 0 Å². The summed E-state index contributed by atoms with van der Waals surface area (Å²) in [4.78, 5) is 25.3. The summed E-state index contributed by atoms with van der Waals surface area (Å²) in [5.74, 6) is 0.434. The summed E-state index contributed by atoms with van der Waals surface area (Å²) in [7, 11) is 1.57. The zero-order chi connectivity index (χ0) is 14.0. The van der Waals surface area contributed by atoms with E-state index in [-0.39, 0.29) is 11.8 Å². The average molecular weight is 327 g/mol. The second-order valence-corrected chi connectivity index (χ2v) is 5.20. The van der Waals surface area contributed by atoms with Gasteiger partial charge in [0.15, 0.2) is 0 Å². The number of hydrogen-bond acceptors (Lipinski definition) is 3. The van der Waals surface area contributed by atoms with E-state index in [1.54, 1.807) is 25.0 Å². The number of anilines is 1. The molecule has 5 nitrogen and oxygen atoms in total. The number of nitrogens with zero attached hydrogens (tertiary/aromatic N) is 1. The van der Waals surface area contributed by atoms with E-state index in [9.17, 15) is 9.59 Å². The molecule has 19 heavy (non-hydrogen) atoms. The van der Waals surface area contributed by atoms with Crippen molar-refractivity contribution in [2.45, 2.75) is 19.4 Å². The molecule has 1 saturated heterocycles. The van der Waals surface area contributed by atoms with Crippen molar-refractivity contribution in [2.24, 2.45) is 0 Å². The van der Waals surface area contributed by atoms with Crippen LogP contribution in [-0.4, -0.2) is 31.5 Å². The lowest BCUT2D eigenvalue weighted by molar-refractivity contribution is -0.125. The minimum absolute atomic E-state index is 0.104. The van der Waals surface area contributed by atoms with Crippen LogP contribution in [0.25, 0.3) is 0 Å². The van der Waals surface area contributed by atoms with Crippen molar-refractivity contribution in [1.82, 2.24) is 5.32 Å². The largest absolute Gasteiger partial charge is 0.495 e. The fraction of sp³-hybridized carbons (Fsp3) is 0.385. The van der Waals surface area contributed by atoms with E-state index in [1.807, 2.05) is 12.1 Å². The molecule has 0 saturated carbocycles. The first kappa shape index (κ1) is 13.9. The van der Waals surface area contributed by atoms with Crippen molar-refractivity contribution in [3.63, 3.8) is 0 Å². The van der Waals surface area contributed by atoms with Crippen LogP contribution in [0.3, 0.4) is 0 Å². The van der Waals surface area contributed by atoms with Gasteiger partial charge in [0.05, 0.1) is 11.6 Å². The molecule has 1 N–H and O–H groups in total. The maximum absolute atomic E-state index is 12.2. The van der Waals surface area contributed by atoms with Gasteiger partial charge in [-0.2, -0.15) is 0 Å². The van der Waals surface area contributed by atoms with Crippen LogP contribution in [-0.2, 0) is 9.59 Å². The van der Waals surface area contributed by atoms with E-state index >= 15 is 0 Å². The number of rotatable bonds is 2. The van der Waals surface area contributed by atoms with Crippen molar-refractivity contribution >= 4 is 33.4 Å². The van der Waals surface area contributed by atoms with E-state index in [1.165, 1.54) is 0 Å². The topological polar surface area (TPSA) is 58.6 Å². The Balaban J connectivity index is 2.34. The number of nitrogens with one attached hydrogen (secondary N) is 1. The summed E-state index contributed by atoms with van der Waals surface area (Å²) >= 11 is 3.37. The molecule has 6 heteroatoms. The summed E-state index contributed by atoms with van der Waals surface area (Å²) < 4.78 is 6.05. The van der Waals surface area contributed by atoms with Crippen LogP contribution in [0.1, 0.15) is 13.3 Å². The first-order chi connectivity index (χ1) is 9.02. The van der Waals surface area contributed by atoms with Gasteiger partial charge in [0.25, 0.3) is 0 Å². The van der Waals surface area contributed by atoms with Gasteiger partial charge >= 0.3 is 0 Å². The third-order valence-electron chi connectivity index (χ3n) is 3.02. The first-order valence-corrected chi connectivity index (χ1v) is 6.76. The molecule has 1 aromatic rings. The predicted molar refractivity (Wildman–Crippen MR) is 75.3 cm³/mol. The monoisotopic (exact) mass is 326 g/mol. The standard InChI is InChI=1S/C13H15BrN2O3/c1-8-13(18)16(6-5-12(17)15-8)9-3-4-10(14)11(7-9)19-2/h3-4,7-8H,5-6H2,1-2H3,(H,15,17). The maximum Gasteiger partial charge on any atom is 0.249 e. The molecule has 0 spiro atoms. The number of halogens is 1. The average Bonchev–Trinajstić information content (AvgIpc) is 2.51. The number of ether oxygens (including phenoxy) is 1. The highest BCUT2D eigenvalue weighted by Crippen LogP contribution is 2.30. The van der Waals surface area contributed by atoms with Crippen molar-refractivity contribution in [1.29, 1.82) is 0 Å². The van der Waals surface area contributed by atoms with Gasteiger partial charge in [-0.05, 0) is 35.0 Å². The van der Waals surface area contributed by atoms with E-state index < -0.39 is 6.04 Å². The number of benzene rings is 1. The zero-order valence-corrected chi connectivity index (χ0v) is 12.4.